The van der Waals surface area contributed by atoms with E-state index in [0.717, 1.165) is 38.8 Å². The minimum atomic E-state index is -0.853. The summed E-state index contributed by atoms with van der Waals surface area (Å²) in [6.45, 7) is 2.00. The molecule has 1 heterocycles. The Labute approximate surface area is 146 Å². The number of benzene rings is 2. The zero-order chi connectivity index (χ0) is 17.3. The number of halogens is 1. The number of hydrogen-bond acceptors (Lipinski definition) is 2. The topological polar surface area (TPSA) is 50.2 Å². The van der Waals surface area contributed by atoms with Crippen LogP contribution in [-0.4, -0.2) is 23.9 Å². The number of carbonyl (C=O) groups is 1. The highest BCUT2D eigenvalue weighted by molar-refractivity contribution is 6.33. The van der Waals surface area contributed by atoms with Crippen molar-refractivity contribution in [3.05, 3.63) is 58.7 Å². The molecule has 0 saturated carbocycles. The highest BCUT2D eigenvalue weighted by atomic mass is 35.5. The van der Waals surface area contributed by atoms with Crippen LogP contribution in [0.25, 0.3) is 22.0 Å². The van der Waals surface area contributed by atoms with Gasteiger partial charge in [0.15, 0.2) is 0 Å². The molecule has 120 valence electrons. The molecule has 3 nitrogen and oxygen atoms in total. The number of nitrogens with zero attached hydrogens (tertiary/aromatic N) is 1. The zero-order valence-corrected chi connectivity index (χ0v) is 14.4. The molecule has 1 aromatic heterocycles. The number of hydrogen-bond donors (Lipinski definition) is 1. The molecule has 0 radical (unpaired) electrons. The molecule has 24 heavy (non-hydrogen) atoms. The molecular formula is C19H17BClNO2. The Morgan fingerprint density at radius 2 is 1.92 bits per heavy atom. The number of aliphatic carboxylic acids is 1. The third-order valence-electron chi connectivity index (χ3n) is 4.12. The van der Waals surface area contributed by atoms with Crippen LogP contribution in [0.3, 0.4) is 0 Å². The number of aryl methyl sites for hydroxylation is 1. The fourth-order valence-corrected chi connectivity index (χ4v) is 3.17. The second-order valence-electron chi connectivity index (χ2n) is 5.86. The van der Waals surface area contributed by atoms with Crippen LogP contribution in [-0.2, 0) is 17.6 Å². The summed E-state index contributed by atoms with van der Waals surface area (Å²) >= 11 is 6.02. The van der Waals surface area contributed by atoms with Crippen molar-refractivity contribution in [3.63, 3.8) is 0 Å². The molecule has 0 atom stereocenters. The third-order valence-corrected chi connectivity index (χ3v) is 4.37. The molecule has 0 aliphatic heterocycles. The first-order chi connectivity index (χ1) is 11.5. The molecule has 0 aliphatic carbocycles. The molecule has 0 unspecified atom stereocenters. The van der Waals surface area contributed by atoms with Gasteiger partial charge in [0.1, 0.15) is 7.85 Å². The van der Waals surface area contributed by atoms with E-state index in [0.29, 0.717) is 11.4 Å². The molecule has 3 aromatic rings. The molecule has 0 fully saturated rings. The van der Waals surface area contributed by atoms with Gasteiger partial charge in [-0.2, -0.15) is 0 Å². The Morgan fingerprint density at radius 1 is 1.21 bits per heavy atom. The van der Waals surface area contributed by atoms with Crippen LogP contribution in [0.5, 0.6) is 0 Å². The van der Waals surface area contributed by atoms with Crippen molar-refractivity contribution in [2.45, 2.75) is 19.8 Å². The van der Waals surface area contributed by atoms with E-state index in [1.807, 2.05) is 51.2 Å². The number of rotatable bonds is 4. The predicted molar refractivity (Wildman–Crippen MR) is 101 cm³/mol. The Balaban J connectivity index is 2.41. The first kappa shape index (κ1) is 16.5. The van der Waals surface area contributed by atoms with Gasteiger partial charge >= 0.3 is 5.97 Å². The molecule has 2 aromatic carbocycles. The summed E-state index contributed by atoms with van der Waals surface area (Å²) in [5.74, 6) is -0.853. The maximum atomic E-state index is 11.4. The number of carboxylic acids is 1. The van der Waals surface area contributed by atoms with Crippen LogP contribution in [0, 0.1) is 0 Å². The first-order valence-electron chi connectivity index (χ1n) is 7.89. The summed E-state index contributed by atoms with van der Waals surface area (Å²) in [6, 6.07) is 13.6. The number of pyridine rings is 1. The highest BCUT2D eigenvalue weighted by Crippen LogP contribution is 2.34. The van der Waals surface area contributed by atoms with Crippen molar-refractivity contribution in [1.29, 1.82) is 0 Å². The largest absolute Gasteiger partial charge is 0.481 e. The smallest absolute Gasteiger partial charge is 0.307 e. The second-order valence-corrected chi connectivity index (χ2v) is 6.30. The lowest BCUT2D eigenvalue weighted by Gasteiger charge is -2.16. The Hall–Kier alpha value is -2.33. The lowest BCUT2D eigenvalue weighted by atomic mass is 9.88. The molecule has 0 spiro atoms. The molecule has 0 bridgehead atoms. The van der Waals surface area contributed by atoms with Gasteiger partial charge in [-0.3, -0.25) is 9.78 Å². The summed E-state index contributed by atoms with van der Waals surface area (Å²) in [6.07, 6.45) is 0.644. The summed E-state index contributed by atoms with van der Waals surface area (Å²) in [4.78, 5) is 16.1. The van der Waals surface area contributed by atoms with Crippen molar-refractivity contribution in [3.8, 4) is 11.1 Å². The second kappa shape index (κ2) is 6.66. The van der Waals surface area contributed by atoms with E-state index in [2.05, 4.69) is 6.07 Å². The van der Waals surface area contributed by atoms with Gasteiger partial charge < -0.3 is 5.11 Å². The maximum absolute atomic E-state index is 11.4. The van der Waals surface area contributed by atoms with E-state index in [1.165, 1.54) is 0 Å². The van der Waals surface area contributed by atoms with Gasteiger partial charge in [-0.25, -0.2) is 0 Å². The van der Waals surface area contributed by atoms with Crippen LogP contribution >= 0.6 is 11.6 Å². The number of carboxylic acid groups (broad SMARTS) is 1. The van der Waals surface area contributed by atoms with Crippen LogP contribution in [0.1, 0.15) is 18.2 Å². The fourth-order valence-electron chi connectivity index (χ4n) is 3.05. The molecule has 0 amide bonds. The summed E-state index contributed by atoms with van der Waals surface area (Å²) in [5, 5.41) is 11.0. The third kappa shape index (κ3) is 3.15. The van der Waals surface area contributed by atoms with Gasteiger partial charge in [0.2, 0.25) is 0 Å². The molecule has 1 N–H and O–H groups in total. The number of fused-ring (bicyclic) bond motifs is 1. The van der Waals surface area contributed by atoms with Gasteiger partial charge in [-0.05, 0) is 41.3 Å². The van der Waals surface area contributed by atoms with Gasteiger partial charge in [-0.1, -0.05) is 48.3 Å². The lowest BCUT2D eigenvalue weighted by molar-refractivity contribution is -0.136. The molecule has 3 rings (SSSR count). The highest BCUT2D eigenvalue weighted by Gasteiger charge is 2.18. The van der Waals surface area contributed by atoms with Crippen LogP contribution in [0.2, 0.25) is 5.02 Å². The first-order valence-corrected chi connectivity index (χ1v) is 8.27. The van der Waals surface area contributed by atoms with Crippen molar-refractivity contribution >= 4 is 41.8 Å². The minimum Gasteiger partial charge on any atom is -0.481 e. The van der Waals surface area contributed by atoms with Crippen molar-refractivity contribution in [1.82, 2.24) is 4.98 Å². The minimum absolute atomic E-state index is 0.0436. The van der Waals surface area contributed by atoms with Crippen molar-refractivity contribution in [2.24, 2.45) is 0 Å². The van der Waals surface area contributed by atoms with Crippen molar-refractivity contribution in [2.75, 3.05) is 0 Å². The normalized spacial score (nSPS) is 10.9. The molecule has 0 saturated heterocycles. The SMILES string of the molecule is Bc1ccc2nc(CC)c(CC(=O)O)c(-c3ccc(Cl)cc3)c2c1. The average molecular weight is 338 g/mol. The van der Waals surface area contributed by atoms with E-state index < -0.39 is 5.97 Å². The quantitative estimate of drug-likeness (QED) is 0.745. The van der Waals surface area contributed by atoms with Crippen LogP contribution in [0.4, 0.5) is 0 Å². The van der Waals surface area contributed by atoms with E-state index in [1.54, 1.807) is 0 Å². The van der Waals surface area contributed by atoms with E-state index in [9.17, 15) is 9.90 Å². The predicted octanol–water partition coefficient (Wildman–Crippen LogP) is 3.00. The van der Waals surface area contributed by atoms with E-state index >= 15 is 0 Å². The van der Waals surface area contributed by atoms with Crippen molar-refractivity contribution < 1.29 is 9.90 Å². The lowest BCUT2D eigenvalue weighted by Crippen LogP contribution is -2.09. The van der Waals surface area contributed by atoms with E-state index in [-0.39, 0.29) is 6.42 Å². The van der Waals surface area contributed by atoms with Crippen LogP contribution < -0.4 is 5.46 Å². The standard InChI is InChI=1S/C19H17BClNO2/c1-2-16-15(10-18(23)24)19(11-3-6-13(21)7-4-11)14-9-12(20)5-8-17(14)22-16/h3-9H,2,10,20H2,1H3,(H,23,24). The summed E-state index contributed by atoms with van der Waals surface area (Å²) < 4.78 is 0. The monoisotopic (exact) mass is 337 g/mol. The van der Waals surface area contributed by atoms with Gasteiger partial charge in [-0.15, -0.1) is 0 Å². The summed E-state index contributed by atoms with van der Waals surface area (Å²) in [7, 11) is 2.02. The van der Waals surface area contributed by atoms with Crippen LogP contribution in [0.15, 0.2) is 42.5 Å². The molecule has 0 aliphatic rings. The Kier molecular flexibility index (Phi) is 4.58. The van der Waals surface area contributed by atoms with E-state index in [4.69, 9.17) is 16.6 Å². The Bertz CT molecular complexity index is 923. The zero-order valence-electron chi connectivity index (χ0n) is 13.6. The van der Waals surface area contributed by atoms with Gasteiger partial charge in [0.05, 0.1) is 11.9 Å². The number of aromatic nitrogens is 1. The average Bonchev–Trinajstić information content (AvgIpc) is 2.55. The fraction of sp³-hybridized carbons (Fsp3) is 0.158. The molecular weight excluding hydrogens is 320 g/mol. The van der Waals surface area contributed by atoms with Gasteiger partial charge in [0.25, 0.3) is 0 Å². The summed E-state index contributed by atoms with van der Waals surface area (Å²) in [5.41, 5.74) is 5.52. The maximum Gasteiger partial charge on any atom is 0.307 e. The molecule has 5 heteroatoms. The Morgan fingerprint density at radius 3 is 2.54 bits per heavy atom. The van der Waals surface area contributed by atoms with Gasteiger partial charge in [0, 0.05) is 16.1 Å².